The molecule has 0 radical (unpaired) electrons. The SMILES string of the molecule is O=C(NCC(c1scnc1C(F)F)N1CCC(Oc2nccc3ncccc23)CC1)c1c(F)cccc1Cl. The van der Waals surface area contributed by atoms with E-state index in [0.717, 1.165) is 28.3 Å². The smallest absolute Gasteiger partial charge is 0.281 e. The highest BCUT2D eigenvalue weighted by Crippen LogP contribution is 2.35. The standard InChI is InChI=1S/C26H23ClF3N5O2S/c27-17-4-1-5-18(28)21(17)25(36)33-13-20(23-22(24(29)30)34-14-38-23)35-11-7-15(8-12-35)37-26-16-3-2-9-31-19(16)6-10-32-26/h1-6,9-10,14-15,20,24H,7-8,11-13H2,(H,33,36). The first-order chi connectivity index (χ1) is 18.4. The molecule has 38 heavy (non-hydrogen) atoms. The summed E-state index contributed by atoms with van der Waals surface area (Å²) in [5, 5.41) is 3.47. The van der Waals surface area contributed by atoms with Gasteiger partial charge in [-0.15, -0.1) is 11.3 Å². The summed E-state index contributed by atoms with van der Waals surface area (Å²) in [4.78, 5) is 27.7. The zero-order valence-corrected chi connectivity index (χ0v) is 21.6. The summed E-state index contributed by atoms with van der Waals surface area (Å²) in [7, 11) is 0. The van der Waals surface area contributed by atoms with Crippen molar-refractivity contribution in [1.82, 2.24) is 25.2 Å². The molecule has 12 heteroatoms. The number of ether oxygens (including phenoxy) is 1. The third kappa shape index (κ3) is 5.59. The lowest BCUT2D eigenvalue weighted by Gasteiger charge is -2.37. The Balaban J connectivity index is 1.31. The van der Waals surface area contributed by atoms with Crippen LogP contribution in [0.15, 0.2) is 54.3 Å². The number of aromatic nitrogens is 3. The van der Waals surface area contributed by atoms with Crippen LogP contribution in [0.25, 0.3) is 10.9 Å². The van der Waals surface area contributed by atoms with E-state index in [4.69, 9.17) is 16.3 Å². The van der Waals surface area contributed by atoms with E-state index in [1.165, 1.54) is 17.6 Å². The van der Waals surface area contributed by atoms with Gasteiger partial charge < -0.3 is 10.1 Å². The number of rotatable bonds is 8. The van der Waals surface area contributed by atoms with Gasteiger partial charge in [0.05, 0.1) is 37.9 Å². The normalized spacial score (nSPS) is 15.6. The van der Waals surface area contributed by atoms with Crippen LogP contribution in [-0.4, -0.2) is 51.5 Å². The monoisotopic (exact) mass is 561 g/mol. The van der Waals surface area contributed by atoms with Crippen LogP contribution in [0.2, 0.25) is 5.02 Å². The fraction of sp³-hybridized carbons (Fsp3) is 0.308. The third-order valence-electron chi connectivity index (χ3n) is 6.47. The largest absolute Gasteiger partial charge is 0.474 e. The maximum atomic E-state index is 14.3. The number of pyridine rings is 2. The molecule has 198 valence electrons. The molecule has 1 atom stereocenters. The molecule has 0 saturated carbocycles. The van der Waals surface area contributed by atoms with Crippen LogP contribution in [-0.2, 0) is 0 Å². The predicted octanol–water partition coefficient (Wildman–Crippen LogP) is 5.83. The molecule has 0 spiro atoms. The number of piperidine rings is 1. The molecular formula is C26H23ClF3N5O2S. The molecule has 5 rings (SSSR count). The van der Waals surface area contributed by atoms with Crippen LogP contribution in [0.4, 0.5) is 13.2 Å². The number of amides is 1. The molecule has 3 aromatic heterocycles. The van der Waals surface area contributed by atoms with Gasteiger partial charge in [-0.1, -0.05) is 17.7 Å². The molecule has 0 aliphatic carbocycles. The number of hydrogen-bond donors (Lipinski definition) is 1. The van der Waals surface area contributed by atoms with E-state index >= 15 is 0 Å². The summed E-state index contributed by atoms with van der Waals surface area (Å²) < 4.78 is 47.9. The van der Waals surface area contributed by atoms with Crippen molar-refractivity contribution in [3.63, 3.8) is 0 Å². The quantitative estimate of drug-likeness (QED) is 0.291. The van der Waals surface area contributed by atoms with E-state index in [1.807, 2.05) is 23.1 Å². The Morgan fingerprint density at radius 2 is 1.95 bits per heavy atom. The molecule has 1 aliphatic rings. The number of nitrogens with zero attached hydrogens (tertiary/aromatic N) is 4. The zero-order valence-electron chi connectivity index (χ0n) is 20.0. The van der Waals surface area contributed by atoms with E-state index in [0.29, 0.717) is 36.7 Å². The van der Waals surface area contributed by atoms with Crippen LogP contribution in [0.1, 0.15) is 46.2 Å². The van der Waals surface area contributed by atoms with Gasteiger partial charge in [0.15, 0.2) is 0 Å². The van der Waals surface area contributed by atoms with Crippen LogP contribution < -0.4 is 10.1 Å². The first-order valence-electron chi connectivity index (χ1n) is 12.0. The van der Waals surface area contributed by atoms with Gasteiger partial charge in [0, 0.05) is 32.0 Å². The molecule has 1 aromatic carbocycles. The molecule has 1 aliphatic heterocycles. The van der Waals surface area contributed by atoms with Crippen LogP contribution >= 0.6 is 22.9 Å². The van der Waals surface area contributed by atoms with Crippen molar-refractivity contribution in [2.75, 3.05) is 19.6 Å². The van der Waals surface area contributed by atoms with Gasteiger partial charge in [-0.05, 0) is 43.2 Å². The molecule has 7 nitrogen and oxygen atoms in total. The van der Waals surface area contributed by atoms with Crippen molar-refractivity contribution in [1.29, 1.82) is 0 Å². The number of carbonyl (C=O) groups excluding carboxylic acids is 1. The predicted molar refractivity (Wildman–Crippen MR) is 138 cm³/mol. The van der Waals surface area contributed by atoms with Crippen molar-refractivity contribution in [3.8, 4) is 5.88 Å². The Hall–Kier alpha value is -3.28. The number of benzene rings is 1. The third-order valence-corrected chi connectivity index (χ3v) is 7.73. The van der Waals surface area contributed by atoms with Crippen molar-refractivity contribution in [2.45, 2.75) is 31.4 Å². The maximum Gasteiger partial charge on any atom is 0.281 e. The molecule has 1 N–H and O–H groups in total. The van der Waals surface area contributed by atoms with Gasteiger partial charge in [0.25, 0.3) is 12.3 Å². The number of carbonyl (C=O) groups is 1. The topological polar surface area (TPSA) is 80.2 Å². The number of alkyl halides is 2. The van der Waals surface area contributed by atoms with E-state index in [2.05, 4.69) is 20.3 Å². The summed E-state index contributed by atoms with van der Waals surface area (Å²) in [6.07, 6.45) is 1.69. The van der Waals surface area contributed by atoms with Crippen molar-refractivity contribution in [3.05, 3.63) is 81.3 Å². The molecule has 1 saturated heterocycles. The lowest BCUT2D eigenvalue weighted by Crippen LogP contribution is -2.44. The summed E-state index contributed by atoms with van der Waals surface area (Å²) in [6.45, 7) is 1.03. The summed E-state index contributed by atoms with van der Waals surface area (Å²) in [5.41, 5.74) is 1.56. The van der Waals surface area contributed by atoms with Gasteiger partial charge in [0.1, 0.15) is 17.6 Å². The lowest BCUT2D eigenvalue weighted by atomic mass is 10.0. The molecule has 1 fully saturated rings. The Kier molecular flexibility index (Phi) is 8.06. The summed E-state index contributed by atoms with van der Waals surface area (Å²) >= 11 is 7.14. The van der Waals surface area contributed by atoms with Gasteiger partial charge in [-0.25, -0.2) is 23.1 Å². The minimum atomic E-state index is -2.76. The van der Waals surface area contributed by atoms with Gasteiger partial charge >= 0.3 is 0 Å². The molecule has 0 bridgehead atoms. The fourth-order valence-corrected chi connectivity index (χ4v) is 5.77. The average Bonchev–Trinajstić information content (AvgIpc) is 3.40. The highest BCUT2D eigenvalue weighted by Gasteiger charge is 2.32. The Bertz CT molecular complexity index is 1410. The number of fused-ring (bicyclic) bond motifs is 1. The second-order valence-electron chi connectivity index (χ2n) is 8.76. The Morgan fingerprint density at radius 1 is 1.13 bits per heavy atom. The first kappa shape index (κ1) is 26.3. The minimum absolute atomic E-state index is 0.0204. The van der Waals surface area contributed by atoms with Crippen LogP contribution in [0, 0.1) is 5.82 Å². The number of halogens is 4. The lowest BCUT2D eigenvalue weighted by molar-refractivity contribution is 0.0689. The molecule has 4 aromatic rings. The highest BCUT2D eigenvalue weighted by atomic mass is 35.5. The molecular weight excluding hydrogens is 539 g/mol. The number of nitrogens with one attached hydrogen (secondary N) is 1. The number of likely N-dealkylation sites (tertiary alicyclic amines) is 1. The second-order valence-corrected chi connectivity index (χ2v) is 10.1. The number of hydrogen-bond acceptors (Lipinski definition) is 7. The number of thiazole rings is 1. The average molecular weight is 562 g/mol. The second kappa shape index (κ2) is 11.6. The van der Waals surface area contributed by atoms with Gasteiger partial charge in [0.2, 0.25) is 5.88 Å². The molecule has 1 amide bonds. The first-order valence-corrected chi connectivity index (χ1v) is 13.2. The van der Waals surface area contributed by atoms with E-state index in [9.17, 15) is 18.0 Å². The molecule has 1 unspecified atom stereocenters. The summed E-state index contributed by atoms with van der Waals surface area (Å²) in [5.74, 6) is -0.968. The maximum absolute atomic E-state index is 14.3. The van der Waals surface area contributed by atoms with Crippen molar-refractivity contribution < 1.29 is 22.7 Å². The van der Waals surface area contributed by atoms with E-state index in [1.54, 1.807) is 12.4 Å². The van der Waals surface area contributed by atoms with Crippen molar-refractivity contribution >= 4 is 39.7 Å². The van der Waals surface area contributed by atoms with Gasteiger partial charge in [-0.2, -0.15) is 0 Å². The zero-order chi connectivity index (χ0) is 26.6. The van der Waals surface area contributed by atoms with Crippen LogP contribution in [0.5, 0.6) is 5.88 Å². The fourth-order valence-electron chi connectivity index (χ4n) is 4.59. The minimum Gasteiger partial charge on any atom is -0.474 e. The van der Waals surface area contributed by atoms with E-state index < -0.39 is 24.2 Å². The Labute approximate surface area is 225 Å². The van der Waals surface area contributed by atoms with Crippen molar-refractivity contribution in [2.24, 2.45) is 0 Å². The summed E-state index contributed by atoms with van der Waals surface area (Å²) in [6, 6.07) is 8.91. The highest BCUT2D eigenvalue weighted by molar-refractivity contribution is 7.09. The Morgan fingerprint density at radius 3 is 2.71 bits per heavy atom. The van der Waals surface area contributed by atoms with E-state index in [-0.39, 0.29) is 28.9 Å². The van der Waals surface area contributed by atoms with Crippen LogP contribution in [0.3, 0.4) is 0 Å². The van der Waals surface area contributed by atoms with Gasteiger partial charge in [-0.3, -0.25) is 14.7 Å². The molecule has 4 heterocycles.